The first-order valence-corrected chi connectivity index (χ1v) is 5.09. The third-order valence-corrected chi connectivity index (χ3v) is 2.83. The van der Waals surface area contributed by atoms with Crippen molar-refractivity contribution < 1.29 is 4.79 Å². The van der Waals surface area contributed by atoms with E-state index in [0.717, 1.165) is 5.56 Å². The van der Waals surface area contributed by atoms with E-state index in [4.69, 9.17) is 11.5 Å². The summed E-state index contributed by atoms with van der Waals surface area (Å²) < 4.78 is 0. The Morgan fingerprint density at radius 1 is 1.33 bits per heavy atom. The Morgan fingerprint density at radius 2 is 1.87 bits per heavy atom. The van der Waals surface area contributed by atoms with Crippen LogP contribution in [0.2, 0.25) is 0 Å². The first kappa shape index (κ1) is 11.7. The normalized spacial score (nSPS) is 14.9. The number of primary amides is 1. The Labute approximate surface area is 90.5 Å². The predicted octanol–water partition coefficient (Wildman–Crippen LogP) is 1.07. The Hall–Kier alpha value is -1.35. The van der Waals surface area contributed by atoms with Crippen molar-refractivity contribution in [1.82, 2.24) is 0 Å². The minimum absolute atomic E-state index is 0.0233. The van der Waals surface area contributed by atoms with Crippen molar-refractivity contribution in [3.05, 3.63) is 35.9 Å². The molecule has 3 heteroatoms. The van der Waals surface area contributed by atoms with Crippen molar-refractivity contribution in [2.24, 2.45) is 17.4 Å². The number of hydrogen-bond donors (Lipinski definition) is 2. The van der Waals surface area contributed by atoms with E-state index in [9.17, 15) is 4.79 Å². The molecule has 0 radical (unpaired) electrons. The Bertz CT molecular complexity index is 335. The zero-order valence-electron chi connectivity index (χ0n) is 9.23. The van der Waals surface area contributed by atoms with Crippen LogP contribution >= 0.6 is 0 Å². The second kappa shape index (κ2) is 4.45. The van der Waals surface area contributed by atoms with Gasteiger partial charge in [0.2, 0.25) is 5.91 Å². The first-order chi connectivity index (χ1) is 6.97. The van der Waals surface area contributed by atoms with Gasteiger partial charge in [-0.15, -0.1) is 0 Å². The van der Waals surface area contributed by atoms with Gasteiger partial charge in [-0.1, -0.05) is 44.2 Å². The fraction of sp³-hybridized carbons (Fsp3) is 0.417. The van der Waals surface area contributed by atoms with E-state index in [1.165, 1.54) is 0 Å². The summed E-state index contributed by atoms with van der Waals surface area (Å²) in [6, 6.07) is 9.69. The highest BCUT2D eigenvalue weighted by molar-refractivity contribution is 5.85. The van der Waals surface area contributed by atoms with Gasteiger partial charge in [0.25, 0.3) is 0 Å². The smallest absolute Gasteiger partial charge is 0.238 e. The molecule has 4 N–H and O–H groups in total. The summed E-state index contributed by atoms with van der Waals surface area (Å²) in [6.07, 6.45) is 0.487. The van der Waals surface area contributed by atoms with Gasteiger partial charge < -0.3 is 11.5 Å². The average molecular weight is 206 g/mol. The van der Waals surface area contributed by atoms with Crippen LogP contribution in [0.5, 0.6) is 0 Å². The molecule has 1 atom stereocenters. The van der Waals surface area contributed by atoms with Crippen LogP contribution in [0.1, 0.15) is 19.4 Å². The molecule has 0 saturated heterocycles. The lowest BCUT2D eigenvalue weighted by Crippen LogP contribution is -2.57. The van der Waals surface area contributed by atoms with Gasteiger partial charge in [-0.05, 0) is 17.9 Å². The highest BCUT2D eigenvalue weighted by Gasteiger charge is 2.35. The quantitative estimate of drug-likeness (QED) is 0.773. The molecule has 1 aromatic carbocycles. The minimum Gasteiger partial charge on any atom is -0.368 e. The zero-order valence-corrected chi connectivity index (χ0v) is 9.23. The molecule has 3 nitrogen and oxygen atoms in total. The number of benzene rings is 1. The Morgan fingerprint density at radius 3 is 2.27 bits per heavy atom. The number of carbonyl (C=O) groups excluding carboxylic acids is 1. The predicted molar refractivity (Wildman–Crippen MR) is 61.1 cm³/mol. The molecular weight excluding hydrogens is 188 g/mol. The van der Waals surface area contributed by atoms with Gasteiger partial charge in [-0.25, -0.2) is 0 Å². The van der Waals surface area contributed by atoms with Crippen LogP contribution in [-0.4, -0.2) is 11.4 Å². The Balaban J connectivity index is 2.90. The van der Waals surface area contributed by atoms with Crippen LogP contribution in [0.3, 0.4) is 0 Å². The molecule has 15 heavy (non-hydrogen) atoms. The number of hydrogen-bond acceptors (Lipinski definition) is 2. The van der Waals surface area contributed by atoms with E-state index in [1.807, 2.05) is 44.2 Å². The van der Waals surface area contributed by atoms with E-state index < -0.39 is 11.4 Å². The maximum absolute atomic E-state index is 11.4. The number of amides is 1. The second-order valence-corrected chi connectivity index (χ2v) is 4.22. The van der Waals surface area contributed by atoms with Crippen molar-refractivity contribution in [2.75, 3.05) is 0 Å². The van der Waals surface area contributed by atoms with Gasteiger partial charge in [0.05, 0.1) is 0 Å². The Kier molecular flexibility index (Phi) is 3.48. The third-order valence-electron chi connectivity index (χ3n) is 2.83. The summed E-state index contributed by atoms with van der Waals surface area (Å²) in [5.41, 5.74) is 11.5. The largest absolute Gasteiger partial charge is 0.368 e. The summed E-state index contributed by atoms with van der Waals surface area (Å²) in [5, 5.41) is 0. The van der Waals surface area contributed by atoms with Crippen LogP contribution in [0.15, 0.2) is 30.3 Å². The van der Waals surface area contributed by atoms with Crippen molar-refractivity contribution in [2.45, 2.75) is 25.8 Å². The van der Waals surface area contributed by atoms with Gasteiger partial charge >= 0.3 is 0 Å². The van der Waals surface area contributed by atoms with Crippen LogP contribution in [0.25, 0.3) is 0 Å². The second-order valence-electron chi connectivity index (χ2n) is 4.22. The molecule has 1 unspecified atom stereocenters. The molecule has 0 aliphatic heterocycles. The average Bonchev–Trinajstić information content (AvgIpc) is 2.18. The minimum atomic E-state index is -0.957. The summed E-state index contributed by atoms with van der Waals surface area (Å²) in [6.45, 7) is 3.82. The molecule has 0 fully saturated rings. The monoisotopic (exact) mass is 206 g/mol. The summed E-state index contributed by atoms with van der Waals surface area (Å²) in [4.78, 5) is 11.4. The molecule has 0 spiro atoms. The number of rotatable bonds is 4. The number of carbonyl (C=O) groups is 1. The van der Waals surface area contributed by atoms with Crippen molar-refractivity contribution in [3.63, 3.8) is 0 Å². The van der Waals surface area contributed by atoms with Gasteiger partial charge in [0.1, 0.15) is 5.54 Å². The van der Waals surface area contributed by atoms with Gasteiger partial charge in [0.15, 0.2) is 0 Å². The molecular formula is C12H18N2O. The molecule has 1 aromatic rings. The van der Waals surface area contributed by atoms with Crippen molar-refractivity contribution >= 4 is 5.91 Å². The molecule has 0 aromatic heterocycles. The first-order valence-electron chi connectivity index (χ1n) is 5.09. The zero-order chi connectivity index (χ0) is 11.5. The maximum Gasteiger partial charge on any atom is 0.238 e. The lowest BCUT2D eigenvalue weighted by Gasteiger charge is -2.30. The fourth-order valence-electron chi connectivity index (χ4n) is 1.51. The van der Waals surface area contributed by atoms with Gasteiger partial charge in [0, 0.05) is 0 Å². The summed E-state index contributed by atoms with van der Waals surface area (Å²) >= 11 is 0. The highest BCUT2D eigenvalue weighted by Crippen LogP contribution is 2.19. The fourth-order valence-corrected chi connectivity index (χ4v) is 1.51. The van der Waals surface area contributed by atoms with Crippen LogP contribution in [0, 0.1) is 5.92 Å². The molecule has 1 rings (SSSR count). The highest BCUT2D eigenvalue weighted by atomic mass is 16.1. The molecule has 82 valence electrons. The summed E-state index contributed by atoms with van der Waals surface area (Å²) in [7, 11) is 0. The summed E-state index contributed by atoms with van der Waals surface area (Å²) in [5.74, 6) is -0.420. The standard InChI is InChI=1S/C12H18N2O/c1-9(2)12(14,11(13)15)8-10-6-4-3-5-7-10/h3-7,9H,8,14H2,1-2H3,(H2,13,15). The SMILES string of the molecule is CC(C)C(N)(Cc1ccccc1)C(N)=O. The van der Waals surface area contributed by atoms with E-state index in [-0.39, 0.29) is 5.92 Å². The molecule has 0 bridgehead atoms. The molecule has 0 aliphatic carbocycles. The lowest BCUT2D eigenvalue weighted by atomic mass is 9.81. The number of nitrogens with two attached hydrogens (primary N) is 2. The maximum atomic E-state index is 11.4. The van der Waals surface area contributed by atoms with Gasteiger partial charge in [-0.3, -0.25) is 4.79 Å². The van der Waals surface area contributed by atoms with Gasteiger partial charge in [-0.2, -0.15) is 0 Å². The lowest BCUT2D eigenvalue weighted by molar-refractivity contribution is -0.124. The molecule has 0 saturated carbocycles. The van der Waals surface area contributed by atoms with Crippen molar-refractivity contribution in [1.29, 1.82) is 0 Å². The third kappa shape index (κ3) is 2.57. The van der Waals surface area contributed by atoms with E-state index >= 15 is 0 Å². The van der Waals surface area contributed by atoms with Crippen LogP contribution in [0.4, 0.5) is 0 Å². The topological polar surface area (TPSA) is 69.1 Å². The molecule has 0 heterocycles. The van der Waals surface area contributed by atoms with E-state index in [0.29, 0.717) is 6.42 Å². The van der Waals surface area contributed by atoms with Crippen molar-refractivity contribution in [3.8, 4) is 0 Å². The van der Waals surface area contributed by atoms with Crippen LogP contribution < -0.4 is 11.5 Å². The molecule has 1 amide bonds. The van der Waals surface area contributed by atoms with E-state index in [1.54, 1.807) is 0 Å². The van der Waals surface area contributed by atoms with E-state index in [2.05, 4.69) is 0 Å². The molecule has 0 aliphatic rings. The van der Waals surface area contributed by atoms with Crippen LogP contribution in [-0.2, 0) is 11.2 Å².